The number of nitrogens with zero attached hydrogens (tertiary/aromatic N) is 3. The minimum Gasteiger partial charge on any atom is -0.390 e. The number of aliphatic hydroxyl groups is 1. The number of likely N-dealkylation sites (tertiary alicyclic amines) is 1. The third kappa shape index (κ3) is 9.20. The highest BCUT2D eigenvalue weighted by Gasteiger charge is 2.45. The number of benzene rings is 1. The van der Waals surface area contributed by atoms with Crippen molar-refractivity contribution in [2.45, 2.75) is 116 Å². The molecule has 4 N–H and O–H groups in total. The molecule has 2 aliphatic rings. The number of anilines is 1. The van der Waals surface area contributed by atoms with Crippen LogP contribution in [0.2, 0.25) is 0 Å². The number of nitrogens with one attached hydrogen (secondary N) is 3. The van der Waals surface area contributed by atoms with Gasteiger partial charge in [-0.15, -0.1) is 0 Å². The Morgan fingerprint density at radius 1 is 1.08 bits per heavy atom. The lowest BCUT2D eigenvalue weighted by Gasteiger charge is -2.38. The molecule has 2 fully saturated rings. The van der Waals surface area contributed by atoms with Crippen molar-refractivity contribution in [2.24, 2.45) is 11.8 Å². The van der Waals surface area contributed by atoms with Gasteiger partial charge in [0.15, 0.2) is 0 Å². The van der Waals surface area contributed by atoms with Crippen LogP contribution in [0.15, 0.2) is 30.6 Å². The number of aryl methyl sites for hydroxylation is 1. The molecule has 0 spiro atoms. The van der Waals surface area contributed by atoms with Gasteiger partial charge in [0, 0.05) is 38.2 Å². The van der Waals surface area contributed by atoms with Crippen molar-refractivity contribution in [2.75, 3.05) is 18.4 Å². The zero-order chi connectivity index (χ0) is 36.1. The Morgan fingerprint density at radius 3 is 2.31 bits per heavy atom. The molecule has 3 atom stereocenters. The molecule has 1 saturated heterocycles. The molecule has 4 rings (SSSR count). The molecular formula is C35H49F3N6O5. The molecule has 11 nitrogen and oxygen atoms in total. The monoisotopic (exact) mass is 690 g/mol. The molecule has 0 unspecified atom stereocenters. The van der Waals surface area contributed by atoms with Crippen LogP contribution in [-0.2, 0) is 31.6 Å². The molecule has 14 heteroatoms. The second kappa shape index (κ2) is 15.7. The van der Waals surface area contributed by atoms with E-state index in [1.54, 1.807) is 32.6 Å². The number of carbonyl (C=O) groups is 4. The lowest BCUT2D eigenvalue weighted by molar-refractivity contribution is -0.149. The van der Waals surface area contributed by atoms with Gasteiger partial charge in [-0.3, -0.25) is 23.9 Å². The van der Waals surface area contributed by atoms with Gasteiger partial charge in [0.05, 0.1) is 23.0 Å². The van der Waals surface area contributed by atoms with Crippen LogP contribution in [0.25, 0.3) is 0 Å². The summed E-state index contributed by atoms with van der Waals surface area (Å²) in [4.78, 5) is 54.1. The SMILES string of the molecule is CCC(=O)N[C@@H](C(=O)N1CCC(C)(O)CC1)[C@@H](C)c1ccc(NC(=O)[C@@H](NC(=O)C(F)(F)c2cnn(CC)c2)C2CCC(C)CC2)c(F)c1. The number of hydrogen-bond donors (Lipinski definition) is 4. The summed E-state index contributed by atoms with van der Waals surface area (Å²) in [7, 11) is 0. The van der Waals surface area contributed by atoms with Crippen molar-refractivity contribution < 1.29 is 37.5 Å². The van der Waals surface area contributed by atoms with Gasteiger partial charge >= 0.3 is 5.92 Å². The molecule has 0 bridgehead atoms. The Labute approximate surface area is 285 Å². The van der Waals surface area contributed by atoms with Crippen molar-refractivity contribution in [3.63, 3.8) is 0 Å². The number of halogens is 3. The first-order chi connectivity index (χ1) is 23.1. The Balaban J connectivity index is 1.53. The smallest absolute Gasteiger partial charge is 0.352 e. The second-order valence-electron chi connectivity index (χ2n) is 13.9. The van der Waals surface area contributed by atoms with Gasteiger partial charge < -0.3 is 26.0 Å². The Hall–Kier alpha value is -3.94. The van der Waals surface area contributed by atoms with Crippen LogP contribution in [0.1, 0.15) is 96.6 Å². The summed E-state index contributed by atoms with van der Waals surface area (Å²) in [6.07, 6.45) is 5.43. The van der Waals surface area contributed by atoms with Gasteiger partial charge in [-0.1, -0.05) is 39.7 Å². The largest absolute Gasteiger partial charge is 0.390 e. The number of carbonyl (C=O) groups excluding carboxylic acids is 4. The van der Waals surface area contributed by atoms with Crippen LogP contribution in [0, 0.1) is 17.7 Å². The summed E-state index contributed by atoms with van der Waals surface area (Å²) in [5, 5.41) is 21.7. The first-order valence-electron chi connectivity index (χ1n) is 17.2. The van der Waals surface area contributed by atoms with Crippen molar-refractivity contribution >= 4 is 29.3 Å². The van der Waals surface area contributed by atoms with Gasteiger partial charge in [-0.2, -0.15) is 13.9 Å². The summed E-state index contributed by atoms with van der Waals surface area (Å²) < 4.78 is 47.3. The number of hydrogen-bond acceptors (Lipinski definition) is 6. The maximum Gasteiger partial charge on any atom is 0.352 e. The second-order valence-corrected chi connectivity index (χ2v) is 13.9. The molecular weight excluding hydrogens is 641 g/mol. The van der Waals surface area contributed by atoms with Crippen LogP contribution in [0.4, 0.5) is 18.9 Å². The lowest BCUT2D eigenvalue weighted by atomic mass is 9.79. The van der Waals surface area contributed by atoms with E-state index in [1.807, 2.05) is 0 Å². The number of rotatable bonds is 12. The fourth-order valence-corrected chi connectivity index (χ4v) is 6.48. The summed E-state index contributed by atoms with van der Waals surface area (Å²) >= 11 is 0. The molecule has 2 aromatic rings. The van der Waals surface area contributed by atoms with Crippen LogP contribution >= 0.6 is 0 Å². The fourth-order valence-electron chi connectivity index (χ4n) is 6.48. The number of amides is 4. The van der Waals surface area contributed by atoms with Gasteiger partial charge in [0.1, 0.15) is 17.9 Å². The van der Waals surface area contributed by atoms with Crippen LogP contribution in [0.5, 0.6) is 0 Å². The average Bonchev–Trinajstić information content (AvgIpc) is 3.57. The molecule has 1 aliphatic carbocycles. The predicted molar refractivity (Wildman–Crippen MR) is 177 cm³/mol. The van der Waals surface area contributed by atoms with E-state index in [9.17, 15) is 24.3 Å². The molecule has 1 aliphatic heterocycles. The summed E-state index contributed by atoms with van der Waals surface area (Å²) in [5.74, 6) is -8.68. The number of alkyl halides is 2. The molecule has 4 amide bonds. The number of piperidine rings is 1. The van der Waals surface area contributed by atoms with Crippen LogP contribution < -0.4 is 16.0 Å². The third-order valence-corrected chi connectivity index (χ3v) is 10.0. The molecule has 0 radical (unpaired) electrons. The molecule has 1 aromatic heterocycles. The Kier molecular flexibility index (Phi) is 12.2. The van der Waals surface area contributed by atoms with E-state index in [-0.39, 0.29) is 23.9 Å². The molecule has 49 heavy (non-hydrogen) atoms. The van der Waals surface area contributed by atoms with Crippen molar-refractivity contribution in [3.8, 4) is 0 Å². The first-order valence-corrected chi connectivity index (χ1v) is 17.2. The quantitative estimate of drug-likeness (QED) is 0.259. The van der Waals surface area contributed by atoms with E-state index in [1.165, 1.54) is 16.8 Å². The maximum absolute atomic E-state index is 15.6. The highest BCUT2D eigenvalue weighted by Crippen LogP contribution is 2.34. The molecule has 2 heterocycles. The zero-order valence-corrected chi connectivity index (χ0v) is 28.9. The lowest BCUT2D eigenvalue weighted by Crippen LogP contribution is -2.54. The number of aromatic nitrogens is 2. The van der Waals surface area contributed by atoms with Gasteiger partial charge in [0.2, 0.25) is 17.7 Å². The summed E-state index contributed by atoms with van der Waals surface area (Å²) in [5.41, 5.74) is -1.32. The average molecular weight is 691 g/mol. The van der Waals surface area contributed by atoms with E-state index in [4.69, 9.17) is 0 Å². The van der Waals surface area contributed by atoms with Crippen LogP contribution in [-0.4, -0.2) is 74.2 Å². The highest BCUT2D eigenvalue weighted by atomic mass is 19.3. The maximum atomic E-state index is 15.6. The van der Waals surface area contributed by atoms with Crippen molar-refractivity contribution in [1.82, 2.24) is 25.3 Å². The Morgan fingerprint density at radius 2 is 1.73 bits per heavy atom. The van der Waals surface area contributed by atoms with Gasteiger partial charge in [-0.05, 0) is 69.1 Å². The van der Waals surface area contributed by atoms with E-state index in [2.05, 4.69) is 28.0 Å². The van der Waals surface area contributed by atoms with Crippen molar-refractivity contribution in [3.05, 3.63) is 47.5 Å². The highest BCUT2D eigenvalue weighted by molar-refractivity contribution is 5.98. The van der Waals surface area contributed by atoms with Crippen LogP contribution in [0.3, 0.4) is 0 Å². The van der Waals surface area contributed by atoms with E-state index >= 15 is 13.2 Å². The van der Waals surface area contributed by atoms with Crippen molar-refractivity contribution in [1.29, 1.82) is 0 Å². The predicted octanol–water partition coefficient (Wildman–Crippen LogP) is 4.46. The normalized spacial score (nSPS) is 21.3. The van der Waals surface area contributed by atoms with Gasteiger partial charge in [0.25, 0.3) is 5.91 Å². The standard InChI is InChI=1S/C35H49F3N6O5/c1-6-28(45)41-29(32(47)43-16-14-34(5,49)15-17-43)22(4)24-12-13-27(26(36)18-24)40-31(46)30(23-10-8-21(3)9-11-23)42-33(48)35(37,38)25-19-39-44(7-2)20-25/h12-13,18-23,29-30,49H,6-11,14-17H2,1-5H3,(H,40,46)(H,41,45)(H,42,48)/t21?,22-,23?,29+,30-/m0/s1. The fraction of sp³-hybridized carbons (Fsp3) is 0.629. The molecule has 270 valence electrons. The van der Waals surface area contributed by atoms with E-state index in [0.717, 1.165) is 31.3 Å². The summed E-state index contributed by atoms with van der Waals surface area (Å²) in [6, 6.07) is 1.65. The third-order valence-electron chi connectivity index (χ3n) is 10.0. The Bertz CT molecular complexity index is 1500. The first kappa shape index (κ1) is 37.9. The van der Waals surface area contributed by atoms with E-state index < -0.39 is 58.6 Å². The molecule has 1 aromatic carbocycles. The minimum absolute atomic E-state index is 0.135. The molecule has 1 saturated carbocycles. The minimum atomic E-state index is -3.95. The topological polar surface area (TPSA) is 146 Å². The summed E-state index contributed by atoms with van der Waals surface area (Å²) in [6.45, 7) is 9.78. The van der Waals surface area contributed by atoms with Gasteiger partial charge in [-0.25, -0.2) is 4.39 Å². The zero-order valence-electron chi connectivity index (χ0n) is 28.9. The van der Waals surface area contributed by atoms with E-state index in [0.29, 0.717) is 56.8 Å².